The van der Waals surface area contributed by atoms with Crippen LogP contribution in [0.4, 0.5) is 0 Å². The highest BCUT2D eigenvalue weighted by molar-refractivity contribution is 7.91. The first kappa shape index (κ1) is 19.5. The molecular formula is C22H22N4O4S+2. The number of pyridine rings is 1. The fourth-order valence-corrected chi connectivity index (χ4v) is 5.80. The minimum atomic E-state index is -3.09. The maximum Gasteiger partial charge on any atom is 0.398 e. The third-order valence-electron chi connectivity index (χ3n) is 5.65. The van der Waals surface area contributed by atoms with Crippen LogP contribution in [-0.2, 0) is 16.4 Å². The number of aromatic amines is 1. The van der Waals surface area contributed by atoms with Crippen LogP contribution in [-0.4, -0.2) is 45.9 Å². The SMILES string of the molecule is O=c1c2cc(C(O)=[NH+][C@@H]3CCS(=O)(=O)C3)n(Cc3ccccc3)c2[nH+]c2ccccn12. The Morgan fingerprint density at radius 3 is 2.68 bits per heavy atom. The number of nitrogens with one attached hydrogen (secondary N) is 2. The number of hydrogen-bond acceptors (Lipinski definition) is 3. The highest BCUT2D eigenvalue weighted by Crippen LogP contribution is 2.16. The van der Waals surface area contributed by atoms with Gasteiger partial charge in [0.1, 0.15) is 11.1 Å². The summed E-state index contributed by atoms with van der Waals surface area (Å²) in [7, 11) is -3.09. The molecule has 1 atom stereocenters. The fraction of sp³-hybridized carbons (Fsp3) is 0.227. The van der Waals surface area contributed by atoms with E-state index in [9.17, 15) is 18.3 Å². The minimum absolute atomic E-state index is 0.0192. The van der Waals surface area contributed by atoms with E-state index in [0.717, 1.165) is 5.56 Å². The van der Waals surface area contributed by atoms with E-state index in [1.165, 1.54) is 4.40 Å². The minimum Gasteiger partial charge on any atom is -0.458 e. The molecule has 4 aromatic rings. The zero-order chi connectivity index (χ0) is 21.6. The Morgan fingerprint density at radius 2 is 1.94 bits per heavy atom. The van der Waals surface area contributed by atoms with Gasteiger partial charge < -0.3 is 5.11 Å². The van der Waals surface area contributed by atoms with E-state index in [4.69, 9.17) is 0 Å². The number of hydrogen-bond donors (Lipinski definition) is 2. The van der Waals surface area contributed by atoms with Crippen molar-refractivity contribution >= 4 is 32.4 Å². The molecule has 0 bridgehead atoms. The maximum absolute atomic E-state index is 13.1. The average Bonchev–Trinajstić information content (AvgIpc) is 3.29. The monoisotopic (exact) mass is 438 g/mol. The van der Waals surface area contributed by atoms with Crippen molar-refractivity contribution in [1.82, 2.24) is 8.97 Å². The molecule has 0 aliphatic carbocycles. The molecular weight excluding hydrogens is 416 g/mol. The summed E-state index contributed by atoms with van der Waals surface area (Å²) in [4.78, 5) is 19.3. The maximum atomic E-state index is 13.1. The molecule has 158 valence electrons. The lowest BCUT2D eigenvalue weighted by molar-refractivity contribution is -0.503. The average molecular weight is 439 g/mol. The molecule has 1 saturated heterocycles. The van der Waals surface area contributed by atoms with Crippen molar-refractivity contribution in [2.24, 2.45) is 0 Å². The molecule has 3 aromatic heterocycles. The Balaban J connectivity index is 1.70. The van der Waals surface area contributed by atoms with Crippen LogP contribution in [0.25, 0.3) is 16.7 Å². The number of aromatic nitrogens is 3. The van der Waals surface area contributed by atoms with Crippen LogP contribution in [0.2, 0.25) is 0 Å². The molecule has 1 aliphatic heterocycles. The second kappa shape index (κ2) is 7.35. The second-order valence-electron chi connectivity index (χ2n) is 7.84. The Bertz CT molecular complexity index is 1490. The summed E-state index contributed by atoms with van der Waals surface area (Å²) >= 11 is 0. The van der Waals surface area contributed by atoms with Crippen molar-refractivity contribution in [1.29, 1.82) is 0 Å². The van der Waals surface area contributed by atoms with E-state index in [-0.39, 0.29) is 29.0 Å². The Labute approximate surface area is 178 Å². The van der Waals surface area contributed by atoms with E-state index in [1.54, 1.807) is 18.3 Å². The first-order valence-electron chi connectivity index (χ1n) is 10.0. The first-order chi connectivity index (χ1) is 14.9. The van der Waals surface area contributed by atoms with Crippen LogP contribution in [0.1, 0.15) is 17.7 Å². The normalized spacial score (nSPS) is 18.7. The number of H-pyrrole nitrogens is 1. The van der Waals surface area contributed by atoms with Crippen LogP contribution in [0.3, 0.4) is 0 Å². The largest absolute Gasteiger partial charge is 0.458 e. The van der Waals surface area contributed by atoms with Gasteiger partial charge >= 0.3 is 11.5 Å². The van der Waals surface area contributed by atoms with E-state index in [2.05, 4.69) is 9.98 Å². The topological polar surface area (TPSA) is 109 Å². The molecule has 1 aliphatic rings. The van der Waals surface area contributed by atoms with Gasteiger partial charge in [0.25, 0.3) is 0 Å². The zero-order valence-electron chi connectivity index (χ0n) is 16.7. The lowest BCUT2D eigenvalue weighted by atomic mass is 10.2. The van der Waals surface area contributed by atoms with Crippen LogP contribution < -0.4 is 15.5 Å². The van der Waals surface area contributed by atoms with Gasteiger partial charge in [0.15, 0.2) is 15.9 Å². The Kier molecular flexibility index (Phi) is 4.62. The highest BCUT2D eigenvalue weighted by atomic mass is 32.2. The molecule has 0 amide bonds. The summed E-state index contributed by atoms with van der Waals surface area (Å²) in [5.74, 6) is -0.0591. The predicted octanol–water partition coefficient (Wildman–Crippen LogP) is -0.311. The third kappa shape index (κ3) is 3.61. The van der Waals surface area contributed by atoms with Gasteiger partial charge in [-0.25, -0.2) is 27.8 Å². The van der Waals surface area contributed by atoms with Crippen molar-refractivity contribution < 1.29 is 23.5 Å². The summed E-state index contributed by atoms with van der Waals surface area (Å²) in [6, 6.07) is 16.4. The number of nitrogens with zero attached hydrogens (tertiary/aromatic N) is 2. The number of sulfone groups is 1. The van der Waals surface area contributed by atoms with Crippen molar-refractivity contribution in [3.8, 4) is 0 Å². The number of fused-ring (bicyclic) bond motifs is 2. The van der Waals surface area contributed by atoms with E-state index in [1.807, 2.05) is 47.0 Å². The number of rotatable bonds is 4. The first-order valence-corrected chi connectivity index (χ1v) is 11.9. The summed E-state index contributed by atoms with van der Waals surface area (Å²) in [5, 5.41) is 11.3. The lowest BCUT2D eigenvalue weighted by Gasteiger charge is -2.05. The van der Waals surface area contributed by atoms with Gasteiger partial charge in [-0.3, -0.25) is 0 Å². The summed E-state index contributed by atoms with van der Waals surface area (Å²) < 4.78 is 27.0. The molecule has 4 heterocycles. The smallest absolute Gasteiger partial charge is 0.398 e. The molecule has 3 N–H and O–H groups in total. The van der Waals surface area contributed by atoms with Gasteiger partial charge in [0.05, 0.1) is 18.5 Å². The van der Waals surface area contributed by atoms with Gasteiger partial charge in [0.2, 0.25) is 17.0 Å². The number of aliphatic hydroxyl groups is 1. The van der Waals surface area contributed by atoms with Gasteiger partial charge in [-0.15, -0.1) is 0 Å². The molecule has 9 heteroatoms. The van der Waals surface area contributed by atoms with Crippen molar-refractivity contribution in [3.63, 3.8) is 0 Å². The molecule has 5 rings (SSSR count). The molecule has 8 nitrogen and oxygen atoms in total. The molecule has 0 radical (unpaired) electrons. The molecule has 1 aromatic carbocycles. The van der Waals surface area contributed by atoms with Crippen molar-refractivity contribution in [3.05, 3.63) is 82.4 Å². The number of benzene rings is 1. The summed E-state index contributed by atoms with van der Waals surface area (Å²) in [6.45, 7) is 0.424. The van der Waals surface area contributed by atoms with Gasteiger partial charge in [0, 0.05) is 18.6 Å². The fourth-order valence-electron chi connectivity index (χ4n) is 4.12. The second-order valence-corrected chi connectivity index (χ2v) is 10.1. The van der Waals surface area contributed by atoms with Gasteiger partial charge in [-0.1, -0.05) is 36.4 Å². The summed E-state index contributed by atoms with van der Waals surface area (Å²) in [5.41, 5.74) is 2.44. The quantitative estimate of drug-likeness (QED) is 0.336. The molecule has 31 heavy (non-hydrogen) atoms. The van der Waals surface area contributed by atoms with Crippen LogP contribution in [0.15, 0.2) is 65.6 Å². The van der Waals surface area contributed by atoms with Crippen LogP contribution in [0.5, 0.6) is 0 Å². The Hall–Kier alpha value is -3.46. The summed E-state index contributed by atoms with van der Waals surface area (Å²) in [6.07, 6.45) is 2.12. The van der Waals surface area contributed by atoms with Gasteiger partial charge in [-0.05, 0) is 11.6 Å². The van der Waals surface area contributed by atoms with E-state index >= 15 is 0 Å². The zero-order valence-corrected chi connectivity index (χ0v) is 17.5. The Morgan fingerprint density at radius 1 is 1.16 bits per heavy atom. The van der Waals surface area contributed by atoms with Crippen molar-refractivity contribution in [2.75, 3.05) is 11.5 Å². The predicted molar refractivity (Wildman–Crippen MR) is 116 cm³/mol. The standard InChI is InChI=1S/C22H20N4O4S/c27-21(23-16-9-11-31(29,30)14-16)18-12-17-20(26(18)13-15-6-2-1-3-7-15)24-19-8-4-5-10-25(19)22(17)28/h1-8,10,12,16H,9,11,13-14H2,(H,23,27)/p+2/t16-/m1/s1. The molecule has 0 unspecified atom stereocenters. The number of aliphatic hydroxyl groups excluding tert-OH is 1. The van der Waals surface area contributed by atoms with Crippen LogP contribution in [0, 0.1) is 0 Å². The van der Waals surface area contributed by atoms with Gasteiger partial charge in [-0.2, -0.15) is 4.40 Å². The van der Waals surface area contributed by atoms with Crippen molar-refractivity contribution in [2.45, 2.75) is 19.0 Å². The molecule has 1 fully saturated rings. The lowest BCUT2D eigenvalue weighted by Crippen LogP contribution is -2.80. The highest BCUT2D eigenvalue weighted by Gasteiger charge is 2.34. The molecule has 0 saturated carbocycles. The molecule has 0 spiro atoms. The van der Waals surface area contributed by atoms with Crippen LogP contribution >= 0.6 is 0 Å². The third-order valence-corrected chi connectivity index (χ3v) is 7.42. The van der Waals surface area contributed by atoms with E-state index in [0.29, 0.717) is 35.3 Å². The van der Waals surface area contributed by atoms with E-state index < -0.39 is 9.84 Å².